The number of nitrogens with zero attached hydrogens (tertiary/aromatic N) is 2. The molecule has 1 fully saturated rings. The Morgan fingerprint density at radius 2 is 2.27 bits per heavy atom. The van der Waals surface area contributed by atoms with Gasteiger partial charge in [0.1, 0.15) is 0 Å². The van der Waals surface area contributed by atoms with Crippen molar-refractivity contribution in [1.29, 1.82) is 0 Å². The highest BCUT2D eigenvalue weighted by Gasteiger charge is 2.28. The third-order valence-electron chi connectivity index (χ3n) is 1.98. The van der Waals surface area contributed by atoms with Gasteiger partial charge in [-0.15, -0.1) is 0 Å². The summed E-state index contributed by atoms with van der Waals surface area (Å²) in [6.07, 6.45) is 0. The summed E-state index contributed by atoms with van der Waals surface area (Å²) in [6, 6.07) is 0.290. The summed E-state index contributed by atoms with van der Waals surface area (Å²) in [5.74, 6) is 0. The lowest BCUT2D eigenvalue weighted by Crippen LogP contribution is -2.60. The van der Waals surface area contributed by atoms with Crippen LogP contribution in [0.5, 0.6) is 0 Å². The number of carbonyl (C=O) groups excluding carboxylic acids is 1. The number of urea groups is 1. The van der Waals surface area contributed by atoms with E-state index in [4.69, 9.17) is 5.73 Å². The van der Waals surface area contributed by atoms with Crippen molar-refractivity contribution < 1.29 is 4.79 Å². The predicted octanol–water partition coefficient (Wildman–Crippen LogP) is -0.299. The molecule has 0 saturated carbocycles. The van der Waals surface area contributed by atoms with Crippen molar-refractivity contribution in [3.63, 3.8) is 0 Å². The molecule has 0 radical (unpaired) electrons. The lowest BCUT2D eigenvalue weighted by Gasteiger charge is -2.38. The van der Waals surface area contributed by atoms with Gasteiger partial charge in [-0.25, -0.2) is 4.79 Å². The second-order valence-corrected chi connectivity index (χ2v) is 2.96. The average molecular weight is 157 g/mol. The first-order chi connectivity index (χ1) is 5.15. The van der Waals surface area contributed by atoms with E-state index < -0.39 is 0 Å². The molecule has 0 aromatic rings. The summed E-state index contributed by atoms with van der Waals surface area (Å²) >= 11 is 0. The molecular formula is C7H15N3O. The van der Waals surface area contributed by atoms with Crippen molar-refractivity contribution >= 4 is 6.03 Å². The zero-order valence-electron chi connectivity index (χ0n) is 7.08. The predicted molar refractivity (Wildman–Crippen MR) is 43.2 cm³/mol. The summed E-state index contributed by atoms with van der Waals surface area (Å²) in [6.45, 7) is 4.13. The molecule has 0 bridgehead atoms. The van der Waals surface area contributed by atoms with Crippen molar-refractivity contribution in [2.45, 2.75) is 13.0 Å². The number of likely N-dealkylation sites (tertiary alicyclic amines) is 1. The van der Waals surface area contributed by atoms with Crippen LogP contribution >= 0.6 is 0 Å². The summed E-state index contributed by atoms with van der Waals surface area (Å²) < 4.78 is 0. The van der Waals surface area contributed by atoms with Crippen molar-refractivity contribution in [2.24, 2.45) is 5.73 Å². The first-order valence-electron chi connectivity index (χ1n) is 3.90. The van der Waals surface area contributed by atoms with Gasteiger partial charge in [-0.3, -0.25) is 0 Å². The zero-order chi connectivity index (χ0) is 8.43. The van der Waals surface area contributed by atoms with Crippen LogP contribution in [0.25, 0.3) is 0 Å². The number of hydrogen-bond donors (Lipinski definition) is 1. The SMILES string of the molecule is CCN(C)C(=O)N1CC(N)C1. The van der Waals surface area contributed by atoms with E-state index in [1.807, 2.05) is 6.92 Å². The van der Waals surface area contributed by atoms with Gasteiger partial charge in [-0.2, -0.15) is 0 Å². The van der Waals surface area contributed by atoms with Crippen LogP contribution in [-0.2, 0) is 0 Å². The maximum atomic E-state index is 11.3. The normalized spacial score (nSPS) is 17.9. The van der Waals surface area contributed by atoms with Crippen molar-refractivity contribution in [2.75, 3.05) is 26.7 Å². The van der Waals surface area contributed by atoms with E-state index >= 15 is 0 Å². The maximum absolute atomic E-state index is 11.3. The van der Waals surface area contributed by atoms with E-state index in [1.165, 1.54) is 0 Å². The van der Waals surface area contributed by atoms with Crippen LogP contribution in [0, 0.1) is 0 Å². The van der Waals surface area contributed by atoms with E-state index in [9.17, 15) is 4.79 Å². The Labute approximate surface area is 66.9 Å². The van der Waals surface area contributed by atoms with Gasteiger partial charge >= 0.3 is 6.03 Å². The second-order valence-electron chi connectivity index (χ2n) is 2.96. The van der Waals surface area contributed by atoms with Crippen LogP contribution in [0.1, 0.15) is 6.92 Å². The minimum absolute atomic E-state index is 0.0919. The summed E-state index contributed by atoms with van der Waals surface area (Å²) in [5.41, 5.74) is 5.54. The van der Waals surface area contributed by atoms with E-state index in [-0.39, 0.29) is 12.1 Å². The van der Waals surface area contributed by atoms with Crippen LogP contribution in [0.2, 0.25) is 0 Å². The molecule has 1 aliphatic rings. The molecule has 1 aliphatic heterocycles. The molecule has 0 unspecified atom stereocenters. The number of rotatable bonds is 1. The lowest BCUT2D eigenvalue weighted by atomic mass is 10.1. The topological polar surface area (TPSA) is 49.6 Å². The second kappa shape index (κ2) is 3.09. The van der Waals surface area contributed by atoms with Gasteiger partial charge in [0.15, 0.2) is 0 Å². The van der Waals surface area contributed by atoms with Gasteiger partial charge in [-0.1, -0.05) is 0 Å². The smallest absolute Gasteiger partial charge is 0.319 e. The van der Waals surface area contributed by atoms with Crippen molar-refractivity contribution in [3.05, 3.63) is 0 Å². The first kappa shape index (κ1) is 8.33. The Kier molecular flexibility index (Phi) is 2.34. The standard InChI is InChI=1S/C7H15N3O/c1-3-9(2)7(11)10-4-6(8)5-10/h6H,3-5,8H2,1-2H3. The third kappa shape index (κ3) is 1.63. The van der Waals surface area contributed by atoms with E-state index in [0.717, 1.165) is 6.54 Å². The summed E-state index contributed by atoms with van der Waals surface area (Å²) in [4.78, 5) is 14.7. The van der Waals surface area contributed by atoms with E-state index in [2.05, 4.69) is 0 Å². The number of nitrogens with two attached hydrogens (primary N) is 1. The fourth-order valence-electron chi connectivity index (χ4n) is 1.05. The molecule has 0 aromatic carbocycles. The van der Waals surface area contributed by atoms with Crippen molar-refractivity contribution in [1.82, 2.24) is 9.80 Å². The quantitative estimate of drug-likeness (QED) is 0.568. The lowest BCUT2D eigenvalue weighted by molar-refractivity contribution is 0.124. The van der Waals surface area contributed by atoms with Gasteiger partial charge in [0.05, 0.1) is 0 Å². The minimum Gasteiger partial charge on any atom is -0.328 e. The third-order valence-corrected chi connectivity index (χ3v) is 1.98. The Morgan fingerprint density at radius 3 is 2.64 bits per heavy atom. The molecule has 4 heteroatoms. The highest BCUT2D eigenvalue weighted by molar-refractivity contribution is 5.75. The Balaban J connectivity index is 2.31. The molecule has 1 saturated heterocycles. The number of carbonyl (C=O) groups is 1. The highest BCUT2D eigenvalue weighted by atomic mass is 16.2. The largest absolute Gasteiger partial charge is 0.328 e. The van der Waals surface area contributed by atoms with Gasteiger partial charge < -0.3 is 15.5 Å². The molecule has 0 spiro atoms. The van der Waals surface area contributed by atoms with Crippen LogP contribution in [0.3, 0.4) is 0 Å². The monoisotopic (exact) mass is 157 g/mol. The molecule has 4 nitrogen and oxygen atoms in total. The summed E-state index contributed by atoms with van der Waals surface area (Å²) in [5, 5.41) is 0. The Morgan fingerprint density at radius 1 is 1.73 bits per heavy atom. The van der Waals surface area contributed by atoms with Crippen molar-refractivity contribution in [3.8, 4) is 0 Å². The molecule has 0 atom stereocenters. The molecule has 11 heavy (non-hydrogen) atoms. The number of hydrogen-bond acceptors (Lipinski definition) is 2. The molecule has 1 heterocycles. The van der Waals surface area contributed by atoms with E-state index in [0.29, 0.717) is 13.1 Å². The van der Waals surface area contributed by atoms with Crippen LogP contribution in [0.4, 0.5) is 4.79 Å². The molecular weight excluding hydrogens is 142 g/mol. The first-order valence-corrected chi connectivity index (χ1v) is 3.90. The minimum atomic E-state index is 0.0919. The fourth-order valence-corrected chi connectivity index (χ4v) is 1.05. The van der Waals surface area contributed by atoms with Crippen LogP contribution in [0.15, 0.2) is 0 Å². The molecule has 2 amide bonds. The molecule has 64 valence electrons. The number of amides is 2. The van der Waals surface area contributed by atoms with E-state index in [1.54, 1.807) is 16.8 Å². The Hall–Kier alpha value is -0.770. The van der Waals surface area contributed by atoms with Crippen LogP contribution in [-0.4, -0.2) is 48.6 Å². The molecule has 0 aromatic heterocycles. The zero-order valence-corrected chi connectivity index (χ0v) is 7.08. The van der Waals surface area contributed by atoms with Gasteiger partial charge in [0, 0.05) is 32.7 Å². The maximum Gasteiger partial charge on any atom is 0.319 e. The molecule has 0 aliphatic carbocycles. The highest BCUT2D eigenvalue weighted by Crippen LogP contribution is 2.07. The van der Waals surface area contributed by atoms with Crippen LogP contribution < -0.4 is 5.73 Å². The molecule has 2 N–H and O–H groups in total. The fraction of sp³-hybridized carbons (Fsp3) is 0.857. The van der Waals surface area contributed by atoms with Gasteiger partial charge in [0.25, 0.3) is 0 Å². The van der Waals surface area contributed by atoms with Gasteiger partial charge in [0.2, 0.25) is 0 Å². The molecule has 1 rings (SSSR count). The average Bonchev–Trinajstić information content (AvgIpc) is 1.96. The Bertz CT molecular complexity index is 154. The summed E-state index contributed by atoms with van der Waals surface area (Å²) in [7, 11) is 1.80. The van der Waals surface area contributed by atoms with Gasteiger partial charge in [-0.05, 0) is 6.92 Å².